The normalized spacial score (nSPS) is 24.8. The molecular formula is C11H20N2. The van der Waals surface area contributed by atoms with Gasteiger partial charge in [0.05, 0.1) is 0 Å². The predicted octanol–water partition coefficient (Wildman–Crippen LogP) is 2.37. The highest BCUT2D eigenvalue weighted by Gasteiger charge is 2.21. The molecule has 1 aliphatic rings. The zero-order valence-corrected chi connectivity index (χ0v) is 9.04. The van der Waals surface area contributed by atoms with E-state index >= 15 is 0 Å². The van der Waals surface area contributed by atoms with Crippen LogP contribution in [0.5, 0.6) is 0 Å². The first kappa shape index (κ1) is 10.5. The molecule has 0 aliphatic carbocycles. The molecular weight excluding hydrogens is 160 g/mol. The second-order valence-corrected chi connectivity index (χ2v) is 4.78. The molecule has 74 valence electrons. The van der Waals surface area contributed by atoms with E-state index in [1.54, 1.807) is 0 Å². The van der Waals surface area contributed by atoms with Crippen molar-refractivity contribution >= 4 is 6.21 Å². The van der Waals surface area contributed by atoms with Crippen LogP contribution < -0.4 is 5.32 Å². The second-order valence-electron chi connectivity index (χ2n) is 4.78. The smallest absolute Gasteiger partial charge is 0.0462 e. The van der Waals surface area contributed by atoms with Crippen LogP contribution in [0.4, 0.5) is 0 Å². The molecule has 1 N–H and O–H groups in total. The van der Waals surface area contributed by atoms with Gasteiger partial charge in [-0.1, -0.05) is 26.8 Å². The van der Waals surface area contributed by atoms with Crippen LogP contribution in [0.15, 0.2) is 17.3 Å². The summed E-state index contributed by atoms with van der Waals surface area (Å²) in [7, 11) is 0. The van der Waals surface area contributed by atoms with Crippen LogP contribution in [-0.4, -0.2) is 18.3 Å². The highest BCUT2D eigenvalue weighted by Crippen LogP contribution is 2.19. The zero-order chi connectivity index (χ0) is 9.90. The monoisotopic (exact) mass is 180 g/mol. The van der Waals surface area contributed by atoms with Crippen molar-refractivity contribution in [3.8, 4) is 0 Å². The first-order chi connectivity index (χ1) is 6.00. The number of nitrogens with one attached hydrogen (secondary N) is 1. The van der Waals surface area contributed by atoms with Gasteiger partial charge in [-0.2, -0.15) is 0 Å². The van der Waals surface area contributed by atoms with Gasteiger partial charge in [-0.25, -0.2) is 0 Å². The molecule has 1 heterocycles. The lowest BCUT2D eigenvalue weighted by Crippen LogP contribution is -2.44. The number of hydrogen-bond donors (Lipinski definition) is 1. The maximum Gasteiger partial charge on any atom is 0.0462 e. The van der Waals surface area contributed by atoms with Crippen molar-refractivity contribution in [3.63, 3.8) is 0 Å². The standard InChI is InChI=1S/C11H20N2/c1-9(11(2,3)4)13-10-6-5-7-12-8-10/h5,7-10,13H,6H2,1-4H3. The average Bonchev–Trinajstić information content (AvgIpc) is 2.04. The van der Waals surface area contributed by atoms with E-state index in [0.29, 0.717) is 17.5 Å². The highest BCUT2D eigenvalue weighted by atomic mass is 15.0. The first-order valence-corrected chi connectivity index (χ1v) is 4.94. The largest absolute Gasteiger partial charge is 0.306 e. The maximum absolute atomic E-state index is 4.13. The van der Waals surface area contributed by atoms with E-state index in [1.807, 2.05) is 12.4 Å². The number of rotatable bonds is 2. The van der Waals surface area contributed by atoms with Gasteiger partial charge in [-0.05, 0) is 18.8 Å². The Morgan fingerprint density at radius 2 is 2.15 bits per heavy atom. The molecule has 0 bridgehead atoms. The Bertz CT molecular complexity index is 211. The van der Waals surface area contributed by atoms with Crippen molar-refractivity contribution in [2.24, 2.45) is 10.4 Å². The fourth-order valence-corrected chi connectivity index (χ4v) is 1.16. The fourth-order valence-electron chi connectivity index (χ4n) is 1.16. The summed E-state index contributed by atoms with van der Waals surface area (Å²) in [6, 6.07) is 0.926. The topological polar surface area (TPSA) is 24.4 Å². The molecule has 0 aromatic rings. The quantitative estimate of drug-likeness (QED) is 0.693. The van der Waals surface area contributed by atoms with Crippen LogP contribution in [-0.2, 0) is 0 Å². The van der Waals surface area contributed by atoms with E-state index < -0.39 is 0 Å². The Morgan fingerprint density at radius 3 is 2.62 bits per heavy atom. The molecule has 2 unspecified atom stereocenters. The second kappa shape index (κ2) is 4.05. The number of aliphatic imine (C=N–C) groups is 1. The molecule has 2 nitrogen and oxygen atoms in total. The molecule has 2 atom stereocenters. The van der Waals surface area contributed by atoms with E-state index in [1.165, 1.54) is 0 Å². The summed E-state index contributed by atoms with van der Waals surface area (Å²) in [6.45, 7) is 8.98. The van der Waals surface area contributed by atoms with E-state index in [2.05, 4.69) is 44.1 Å². The Hall–Kier alpha value is -0.630. The molecule has 0 aromatic heterocycles. The van der Waals surface area contributed by atoms with Crippen LogP contribution in [0.25, 0.3) is 0 Å². The molecule has 2 heteroatoms. The molecule has 0 amide bonds. The Balaban J connectivity index is 2.41. The Morgan fingerprint density at radius 1 is 1.46 bits per heavy atom. The van der Waals surface area contributed by atoms with Crippen LogP contribution in [0.3, 0.4) is 0 Å². The van der Waals surface area contributed by atoms with Crippen molar-refractivity contribution in [3.05, 3.63) is 12.3 Å². The molecule has 0 saturated heterocycles. The Kier molecular flexibility index (Phi) is 3.26. The predicted molar refractivity (Wildman–Crippen MR) is 58.1 cm³/mol. The summed E-state index contributed by atoms with van der Waals surface area (Å²) in [6.07, 6.45) is 7.01. The van der Waals surface area contributed by atoms with E-state index in [4.69, 9.17) is 0 Å². The minimum atomic E-state index is 0.314. The van der Waals surface area contributed by atoms with Crippen molar-refractivity contribution in [1.29, 1.82) is 0 Å². The summed E-state index contributed by atoms with van der Waals surface area (Å²) in [5.41, 5.74) is 0.314. The van der Waals surface area contributed by atoms with Crippen LogP contribution >= 0.6 is 0 Å². The van der Waals surface area contributed by atoms with E-state index in [9.17, 15) is 0 Å². The van der Waals surface area contributed by atoms with E-state index in [-0.39, 0.29) is 0 Å². The third kappa shape index (κ3) is 3.31. The Labute approximate surface area is 81.1 Å². The van der Waals surface area contributed by atoms with Crippen LogP contribution in [0, 0.1) is 5.41 Å². The summed E-state index contributed by atoms with van der Waals surface area (Å²) < 4.78 is 0. The van der Waals surface area contributed by atoms with Crippen LogP contribution in [0.2, 0.25) is 0 Å². The van der Waals surface area contributed by atoms with Gasteiger partial charge < -0.3 is 5.32 Å². The summed E-state index contributed by atoms with van der Waals surface area (Å²) >= 11 is 0. The lowest BCUT2D eigenvalue weighted by Gasteiger charge is -2.31. The van der Waals surface area contributed by atoms with Gasteiger partial charge in [-0.3, -0.25) is 4.99 Å². The zero-order valence-electron chi connectivity index (χ0n) is 9.04. The number of nitrogens with zero attached hydrogens (tertiary/aromatic N) is 1. The average molecular weight is 180 g/mol. The maximum atomic E-state index is 4.13. The summed E-state index contributed by atoms with van der Waals surface area (Å²) in [4.78, 5) is 4.13. The molecule has 0 saturated carbocycles. The van der Waals surface area contributed by atoms with Crippen molar-refractivity contribution < 1.29 is 0 Å². The summed E-state index contributed by atoms with van der Waals surface area (Å²) in [5.74, 6) is 0. The summed E-state index contributed by atoms with van der Waals surface area (Å²) in [5, 5.41) is 3.56. The molecule has 13 heavy (non-hydrogen) atoms. The van der Waals surface area contributed by atoms with Gasteiger partial charge in [0, 0.05) is 24.5 Å². The number of hydrogen-bond acceptors (Lipinski definition) is 2. The molecule has 1 aliphatic heterocycles. The van der Waals surface area contributed by atoms with Gasteiger partial charge in [0.15, 0.2) is 0 Å². The van der Waals surface area contributed by atoms with Gasteiger partial charge in [-0.15, -0.1) is 0 Å². The van der Waals surface area contributed by atoms with Crippen molar-refractivity contribution in [2.45, 2.75) is 46.2 Å². The van der Waals surface area contributed by atoms with Crippen LogP contribution in [0.1, 0.15) is 34.1 Å². The minimum absolute atomic E-state index is 0.314. The van der Waals surface area contributed by atoms with Crippen molar-refractivity contribution in [1.82, 2.24) is 5.32 Å². The SMILES string of the molecule is CC(NC1C=NC=CC1)C(C)(C)C. The molecule has 0 aromatic carbocycles. The van der Waals surface area contributed by atoms with Crippen molar-refractivity contribution in [2.75, 3.05) is 0 Å². The molecule has 1 rings (SSSR count). The van der Waals surface area contributed by atoms with Gasteiger partial charge in [0.1, 0.15) is 0 Å². The van der Waals surface area contributed by atoms with Gasteiger partial charge >= 0.3 is 0 Å². The third-order valence-corrected chi connectivity index (χ3v) is 2.61. The molecule has 0 radical (unpaired) electrons. The van der Waals surface area contributed by atoms with E-state index in [0.717, 1.165) is 6.42 Å². The minimum Gasteiger partial charge on any atom is -0.306 e. The lowest BCUT2D eigenvalue weighted by atomic mass is 9.87. The molecule has 0 fully saturated rings. The van der Waals surface area contributed by atoms with Gasteiger partial charge in [0.2, 0.25) is 0 Å². The fraction of sp³-hybridized carbons (Fsp3) is 0.727. The highest BCUT2D eigenvalue weighted by molar-refractivity contribution is 5.66. The van der Waals surface area contributed by atoms with Gasteiger partial charge in [0.25, 0.3) is 0 Å². The lowest BCUT2D eigenvalue weighted by molar-refractivity contribution is 0.279. The molecule has 0 spiro atoms. The third-order valence-electron chi connectivity index (χ3n) is 2.61. The first-order valence-electron chi connectivity index (χ1n) is 4.94.